The van der Waals surface area contributed by atoms with Crippen molar-refractivity contribution in [1.82, 2.24) is 9.88 Å². The lowest BCUT2D eigenvalue weighted by Crippen LogP contribution is -2.40. The van der Waals surface area contributed by atoms with Crippen LogP contribution in [0.15, 0.2) is 190 Å². The Labute approximate surface area is 332 Å². The molecule has 4 heterocycles. The van der Waals surface area contributed by atoms with Crippen LogP contribution in [-0.4, -0.2) is 22.4 Å². The Morgan fingerprint density at radius 1 is 0.632 bits per heavy atom. The van der Waals surface area contributed by atoms with Gasteiger partial charge >= 0.3 is 0 Å². The summed E-state index contributed by atoms with van der Waals surface area (Å²) >= 11 is 1.86. The molecule has 12 rings (SSSR count). The summed E-state index contributed by atoms with van der Waals surface area (Å²) in [6.07, 6.45) is 8.31. The first-order valence-electron chi connectivity index (χ1n) is 19.5. The smallest absolute Gasteiger partial charge is 0.159 e. The van der Waals surface area contributed by atoms with E-state index in [1.165, 1.54) is 58.8 Å². The highest BCUT2D eigenvalue weighted by molar-refractivity contribution is 7.26. The molecule has 1 aliphatic carbocycles. The Balaban J connectivity index is 1.01. The number of para-hydroxylation sites is 2. The maximum atomic E-state index is 6.68. The summed E-state index contributed by atoms with van der Waals surface area (Å²) in [7, 11) is 0. The molecule has 0 saturated carbocycles. The molecular weight excluding hydrogens is 717 g/mol. The van der Waals surface area contributed by atoms with Crippen LogP contribution in [0.1, 0.15) is 24.0 Å². The van der Waals surface area contributed by atoms with Gasteiger partial charge in [0.25, 0.3) is 0 Å². The molecule has 1 N–H and O–H groups in total. The highest BCUT2D eigenvalue weighted by Crippen LogP contribution is 2.46. The second-order valence-corrected chi connectivity index (χ2v) is 15.9. The molecule has 1 aliphatic heterocycles. The highest BCUT2D eigenvalue weighted by Gasteiger charge is 2.24. The first kappa shape index (κ1) is 32.2. The lowest BCUT2D eigenvalue weighted by molar-refractivity contribution is 0.668. The minimum absolute atomic E-state index is 0.187. The third-order valence-electron chi connectivity index (χ3n) is 11.6. The number of nitrogens with one attached hydrogen (secondary N) is 1. The van der Waals surface area contributed by atoms with Crippen molar-refractivity contribution in [2.24, 2.45) is 9.98 Å². The summed E-state index contributed by atoms with van der Waals surface area (Å²) in [6.45, 7) is 0. The predicted molar refractivity (Wildman–Crippen MR) is 239 cm³/mol. The Morgan fingerprint density at radius 3 is 2.21 bits per heavy atom. The number of amidine groups is 2. The molecule has 0 bridgehead atoms. The van der Waals surface area contributed by atoms with E-state index in [1.54, 1.807) is 0 Å². The van der Waals surface area contributed by atoms with E-state index in [0.717, 1.165) is 57.3 Å². The summed E-state index contributed by atoms with van der Waals surface area (Å²) in [5.41, 5.74) is 10.9. The summed E-state index contributed by atoms with van der Waals surface area (Å²) in [5.74, 6) is 1.52. The number of benzene rings is 7. The summed E-state index contributed by atoms with van der Waals surface area (Å²) in [5, 5.41) is 10.9. The topological polar surface area (TPSA) is 54.8 Å². The van der Waals surface area contributed by atoms with Gasteiger partial charge in [-0.15, -0.1) is 11.3 Å². The van der Waals surface area contributed by atoms with Crippen molar-refractivity contribution in [1.29, 1.82) is 0 Å². The maximum absolute atomic E-state index is 6.68. The van der Waals surface area contributed by atoms with Gasteiger partial charge in [0.05, 0.1) is 16.7 Å². The number of aliphatic imine (C=N–C) groups is 2. The Bertz CT molecular complexity index is 3340. The number of rotatable bonds is 5. The molecule has 270 valence electrons. The standard InChI is InChI=1S/C51H34N4OS/c1-3-14-31(15-4-1)49-52-50(32-16-5-2-6-17-32)54-51(53-49)33-28-29-38-44(30-33)56-43-26-12-20-36(46(38)43)37-21-11-22-39-47-42(25-13-27-45(47)57-48(37)39)55-40-23-9-7-18-34(40)35-19-8-10-24-41(35)55/h1-5,7-16,18-30,50H,6,17H2,(H,52,53,54). The molecule has 57 heavy (non-hydrogen) atoms. The number of hydrogen-bond acceptors (Lipinski definition) is 5. The van der Waals surface area contributed by atoms with Crippen LogP contribution in [0.25, 0.3) is 80.7 Å². The van der Waals surface area contributed by atoms with Crippen molar-refractivity contribution >= 4 is 86.9 Å². The Kier molecular flexibility index (Phi) is 7.22. The van der Waals surface area contributed by atoms with Gasteiger partial charge in [-0.05, 0) is 66.4 Å². The van der Waals surface area contributed by atoms with Crippen molar-refractivity contribution in [2.45, 2.75) is 19.0 Å². The average Bonchev–Trinajstić information content (AvgIpc) is 3.96. The van der Waals surface area contributed by atoms with E-state index in [0.29, 0.717) is 5.84 Å². The number of allylic oxidation sites excluding steroid dienone is 3. The van der Waals surface area contributed by atoms with E-state index in [1.807, 2.05) is 29.5 Å². The zero-order valence-electron chi connectivity index (χ0n) is 30.8. The van der Waals surface area contributed by atoms with E-state index in [4.69, 9.17) is 14.4 Å². The molecule has 0 spiro atoms. The van der Waals surface area contributed by atoms with Crippen LogP contribution in [0, 0.1) is 0 Å². The van der Waals surface area contributed by atoms with E-state index >= 15 is 0 Å². The van der Waals surface area contributed by atoms with Crippen molar-refractivity contribution in [3.05, 3.63) is 187 Å². The van der Waals surface area contributed by atoms with Crippen molar-refractivity contribution < 1.29 is 4.42 Å². The molecular formula is C51H34N4OS. The molecule has 7 aromatic carbocycles. The Hall–Kier alpha value is -7.02. The molecule has 0 saturated heterocycles. The number of hydrogen-bond donors (Lipinski definition) is 1. The first-order chi connectivity index (χ1) is 28.3. The van der Waals surface area contributed by atoms with Crippen molar-refractivity contribution in [3.8, 4) is 16.8 Å². The number of furan rings is 1. The van der Waals surface area contributed by atoms with Crippen molar-refractivity contribution in [2.75, 3.05) is 0 Å². The van der Waals surface area contributed by atoms with E-state index in [-0.39, 0.29) is 6.17 Å². The molecule has 2 aliphatic rings. The monoisotopic (exact) mass is 750 g/mol. The van der Waals surface area contributed by atoms with Gasteiger partial charge in [-0.25, -0.2) is 9.98 Å². The third-order valence-corrected chi connectivity index (χ3v) is 12.8. The lowest BCUT2D eigenvalue weighted by atomic mass is 9.97. The zero-order valence-corrected chi connectivity index (χ0v) is 31.6. The second kappa shape index (κ2) is 12.8. The van der Waals surface area contributed by atoms with Crippen LogP contribution in [-0.2, 0) is 0 Å². The second-order valence-electron chi connectivity index (χ2n) is 14.8. The Morgan fingerprint density at radius 2 is 1.39 bits per heavy atom. The van der Waals surface area contributed by atoms with Gasteiger partial charge in [-0.2, -0.15) is 0 Å². The fraction of sp³-hybridized carbons (Fsp3) is 0.0588. The summed E-state index contributed by atoms with van der Waals surface area (Å²) in [6, 6.07) is 54.1. The summed E-state index contributed by atoms with van der Waals surface area (Å²) < 4.78 is 11.7. The van der Waals surface area contributed by atoms with Crippen LogP contribution in [0.4, 0.5) is 0 Å². The van der Waals surface area contributed by atoms with E-state index in [2.05, 4.69) is 162 Å². The predicted octanol–water partition coefficient (Wildman–Crippen LogP) is 13.1. The number of aromatic nitrogens is 1. The minimum atomic E-state index is -0.187. The zero-order chi connectivity index (χ0) is 37.5. The van der Waals surface area contributed by atoms with Gasteiger partial charge in [0.2, 0.25) is 0 Å². The number of nitrogens with zero attached hydrogens (tertiary/aromatic N) is 3. The molecule has 0 radical (unpaired) electrons. The van der Waals surface area contributed by atoms with Crippen LogP contribution >= 0.6 is 11.3 Å². The molecule has 0 amide bonds. The lowest BCUT2D eigenvalue weighted by Gasteiger charge is -2.26. The highest BCUT2D eigenvalue weighted by atomic mass is 32.1. The average molecular weight is 751 g/mol. The van der Waals surface area contributed by atoms with E-state index < -0.39 is 0 Å². The molecule has 5 nitrogen and oxygen atoms in total. The molecule has 0 fully saturated rings. The van der Waals surface area contributed by atoms with Crippen LogP contribution in [0.2, 0.25) is 0 Å². The third kappa shape index (κ3) is 5.07. The van der Waals surface area contributed by atoms with E-state index in [9.17, 15) is 0 Å². The van der Waals surface area contributed by atoms with Gasteiger partial charge in [-0.3, -0.25) is 0 Å². The largest absolute Gasteiger partial charge is 0.456 e. The van der Waals surface area contributed by atoms with Crippen LogP contribution < -0.4 is 5.32 Å². The van der Waals surface area contributed by atoms with Crippen molar-refractivity contribution in [3.63, 3.8) is 0 Å². The number of fused-ring (bicyclic) bond motifs is 9. The maximum Gasteiger partial charge on any atom is 0.159 e. The molecule has 1 atom stereocenters. The van der Waals surface area contributed by atoms with Gasteiger partial charge in [0, 0.05) is 58.4 Å². The number of thiophene rings is 1. The summed E-state index contributed by atoms with van der Waals surface area (Å²) in [4.78, 5) is 10.2. The molecule has 6 heteroatoms. The quantitative estimate of drug-likeness (QED) is 0.190. The van der Waals surface area contributed by atoms with Gasteiger partial charge in [0.1, 0.15) is 23.2 Å². The normalized spacial score (nSPS) is 15.8. The molecule has 3 aromatic heterocycles. The fourth-order valence-electron chi connectivity index (χ4n) is 8.96. The SMILES string of the molecule is C1=CCCC(C2N=C(c3ccc4c(c3)oc3cccc(-c5cccc6c5sc5cccc(-n7c8ccccc8c8ccccc87)c56)c34)N=C(c3ccccc3)N2)=C1. The fourth-order valence-corrected chi connectivity index (χ4v) is 10.2. The molecule has 1 unspecified atom stereocenters. The van der Waals surface area contributed by atoms with Crippen LogP contribution in [0.5, 0.6) is 0 Å². The van der Waals surface area contributed by atoms with Gasteiger partial charge < -0.3 is 14.3 Å². The van der Waals surface area contributed by atoms with Crippen LogP contribution in [0.3, 0.4) is 0 Å². The molecule has 10 aromatic rings. The van der Waals surface area contributed by atoms with Gasteiger partial charge in [-0.1, -0.05) is 127 Å². The first-order valence-corrected chi connectivity index (χ1v) is 20.3. The van der Waals surface area contributed by atoms with Gasteiger partial charge in [0.15, 0.2) is 5.84 Å². The minimum Gasteiger partial charge on any atom is -0.456 e.